The van der Waals surface area contributed by atoms with Crippen LogP contribution >= 0.6 is 11.3 Å². The minimum absolute atomic E-state index is 0.107. The second kappa shape index (κ2) is 3.99. The van der Waals surface area contributed by atoms with Crippen molar-refractivity contribution in [3.05, 3.63) is 22.4 Å². The van der Waals surface area contributed by atoms with Crippen LogP contribution in [0, 0.1) is 0 Å². The van der Waals surface area contributed by atoms with E-state index in [1.165, 1.54) is 0 Å². The maximum absolute atomic E-state index is 10.3. The van der Waals surface area contributed by atoms with Gasteiger partial charge in [-0.15, -0.1) is 0 Å². The Morgan fingerprint density at radius 2 is 2.33 bits per heavy atom. The van der Waals surface area contributed by atoms with Gasteiger partial charge in [0.05, 0.1) is 6.61 Å². The third kappa shape index (κ3) is 3.82. The Labute approximate surface area is 75.2 Å². The molecule has 0 bridgehead atoms. The monoisotopic (exact) mass is 207 g/mol. The van der Waals surface area contributed by atoms with Gasteiger partial charge in [0.25, 0.3) is 0 Å². The summed E-state index contributed by atoms with van der Waals surface area (Å²) in [5, 5.41) is 8.49. The second-order valence-electron chi connectivity index (χ2n) is 2.20. The van der Waals surface area contributed by atoms with Gasteiger partial charge in [-0.1, -0.05) is 0 Å². The van der Waals surface area contributed by atoms with E-state index in [0.29, 0.717) is 6.42 Å². The summed E-state index contributed by atoms with van der Waals surface area (Å²) >= 11 is 1.56. The molecule has 0 saturated heterocycles. The third-order valence-electron chi connectivity index (χ3n) is 1.22. The van der Waals surface area contributed by atoms with Gasteiger partial charge in [-0.3, -0.25) is 4.18 Å². The zero-order valence-corrected chi connectivity index (χ0v) is 7.90. The number of nitrogens with two attached hydrogens (primary N) is 1. The van der Waals surface area contributed by atoms with Crippen LogP contribution in [0.25, 0.3) is 0 Å². The molecule has 6 heteroatoms. The normalized spacial score (nSPS) is 11.8. The fourth-order valence-electron chi connectivity index (χ4n) is 0.711. The van der Waals surface area contributed by atoms with Gasteiger partial charge in [0.1, 0.15) is 0 Å². The quantitative estimate of drug-likeness (QED) is 0.782. The molecular weight excluding hydrogens is 198 g/mol. The molecule has 0 unspecified atom stereocenters. The van der Waals surface area contributed by atoms with Crippen LogP contribution in [0.3, 0.4) is 0 Å². The molecule has 68 valence electrons. The van der Waals surface area contributed by atoms with Crippen molar-refractivity contribution in [1.82, 2.24) is 0 Å². The highest BCUT2D eigenvalue weighted by Gasteiger charge is 2.01. The lowest BCUT2D eigenvalue weighted by Gasteiger charge is -1.97. The van der Waals surface area contributed by atoms with Crippen molar-refractivity contribution in [2.45, 2.75) is 6.42 Å². The highest BCUT2D eigenvalue weighted by atomic mass is 32.2. The summed E-state index contributed by atoms with van der Waals surface area (Å²) < 4.78 is 25.0. The van der Waals surface area contributed by atoms with Crippen molar-refractivity contribution in [1.29, 1.82) is 0 Å². The Morgan fingerprint density at radius 3 is 2.83 bits per heavy atom. The van der Waals surface area contributed by atoms with Gasteiger partial charge >= 0.3 is 10.3 Å². The zero-order valence-electron chi connectivity index (χ0n) is 6.26. The van der Waals surface area contributed by atoms with Gasteiger partial charge in [0, 0.05) is 0 Å². The molecule has 0 aromatic carbocycles. The molecule has 0 radical (unpaired) electrons. The van der Waals surface area contributed by atoms with Gasteiger partial charge in [0.2, 0.25) is 0 Å². The molecule has 0 saturated carbocycles. The van der Waals surface area contributed by atoms with Crippen molar-refractivity contribution >= 4 is 21.6 Å². The molecule has 0 spiro atoms. The highest BCUT2D eigenvalue weighted by molar-refractivity contribution is 7.84. The number of rotatable bonds is 4. The van der Waals surface area contributed by atoms with Gasteiger partial charge in [0.15, 0.2) is 0 Å². The van der Waals surface area contributed by atoms with E-state index in [9.17, 15) is 8.42 Å². The lowest BCUT2D eigenvalue weighted by atomic mass is 10.3. The largest absolute Gasteiger partial charge is 0.333 e. The molecule has 12 heavy (non-hydrogen) atoms. The Kier molecular flexibility index (Phi) is 3.21. The van der Waals surface area contributed by atoms with Crippen molar-refractivity contribution in [3.63, 3.8) is 0 Å². The first-order chi connectivity index (χ1) is 5.58. The fourth-order valence-corrected chi connectivity index (χ4v) is 1.73. The molecule has 1 rings (SSSR count). The Bertz CT molecular complexity index is 317. The summed E-state index contributed by atoms with van der Waals surface area (Å²) in [6.45, 7) is 0.107. The maximum Gasteiger partial charge on any atom is 0.333 e. The summed E-state index contributed by atoms with van der Waals surface area (Å²) in [4.78, 5) is 0. The lowest BCUT2D eigenvalue weighted by molar-refractivity contribution is 0.323. The van der Waals surface area contributed by atoms with Crippen LogP contribution in [-0.2, 0) is 20.9 Å². The van der Waals surface area contributed by atoms with E-state index in [4.69, 9.17) is 0 Å². The van der Waals surface area contributed by atoms with E-state index in [-0.39, 0.29) is 6.61 Å². The molecule has 2 N–H and O–H groups in total. The van der Waals surface area contributed by atoms with Gasteiger partial charge in [-0.2, -0.15) is 19.8 Å². The number of hydrogen-bond acceptors (Lipinski definition) is 4. The van der Waals surface area contributed by atoms with Gasteiger partial charge in [-0.25, -0.2) is 5.14 Å². The smallest absolute Gasteiger partial charge is 0.258 e. The average molecular weight is 207 g/mol. The fraction of sp³-hybridized carbons (Fsp3) is 0.333. The van der Waals surface area contributed by atoms with Gasteiger partial charge in [-0.05, 0) is 28.8 Å². The lowest BCUT2D eigenvalue weighted by Crippen LogP contribution is -2.17. The van der Waals surface area contributed by atoms with Crippen molar-refractivity contribution in [3.8, 4) is 0 Å². The molecule has 0 atom stereocenters. The molecule has 0 aliphatic rings. The SMILES string of the molecule is NS(=O)(=O)OCCc1ccsc1. The first kappa shape index (κ1) is 9.66. The van der Waals surface area contributed by atoms with Crippen molar-refractivity contribution < 1.29 is 12.6 Å². The topological polar surface area (TPSA) is 69.4 Å². The van der Waals surface area contributed by atoms with E-state index in [1.807, 2.05) is 16.8 Å². The van der Waals surface area contributed by atoms with Crippen LogP contribution in [0.4, 0.5) is 0 Å². The van der Waals surface area contributed by atoms with Crippen LogP contribution in [0.2, 0.25) is 0 Å². The first-order valence-electron chi connectivity index (χ1n) is 3.26. The van der Waals surface area contributed by atoms with E-state index >= 15 is 0 Å². The van der Waals surface area contributed by atoms with Crippen LogP contribution in [0.15, 0.2) is 16.8 Å². The Morgan fingerprint density at radius 1 is 1.58 bits per heavy atom. The molecule has 1 aromatic rings. The second-order valence-corrected chi connectivity index (χ2v) is 4.20. The van der Waals surface area contributed by atoms with E-state index in [1.54, 1.807) is 11.3 Å². The van der Waals surface area contributed by atoms with E-state index in [2.05, 4.69) is 9.32 Å². The number of thiophene rings is 1. The predicted molar refractivity (Wildman–Crippen MR) is 47.1 cm³/mol. The average Bonchev–Trinajstić information content (AvgIpc) is 2.36. The minimum atomic E-state index is -3.77. The highest BCUT2D eigenvalue weighted by Crippen LogP contribution is 2.06. The summed E-state index contributed by atoms with van der Waals surface area (Å²) in [6, 6.07) is 1.91. The Balaban J connectivity index is 2.29. The van der Waals surface area contributed by atoms with Gasteiger partial charge < -0.3 is 0 Å². The molecule has 4 nitrogen and oxygen atoms in total. The van der Waals surface area contributed by atoms with Crippen LogP contribution in [0.5, 0.6) is 0 Å². The molecule has 0 fully saturated rings. The summed E-state index contributed by atoms with van der Waals surface area (Å²) in [7, 11) is -3.77. The molecular formula is C6H9NO3S2. The summed E-state index contributed by atoms with van der Waals surface area (Å²) in [5.41, 5.74) is 1.06. The van der Waals surface area contributed by atoms with Crippen LogP contribution in [-0.4, -0.2) is 15.0 Å². The molecule has 0 aliphatic heterocycles. The first-order valence-corrected chi connectivity index (χ1v) is 5.67. The van der Waals surface area contributed by atoms with Crippen molar-refractivity contribution in [2.24, 2.45) is 5.14 Å². The minimum Gasteiger partial charge on any atom is -0.258 e. The molecule has 0 aliphatic carbocycles. The van der Waals surface area contributed by atoms with Crippen molar-refractivity contribution in [2.75, 3.05) is 6.61 Å². The predicted octanol–water partition coefficient (Wildman–Crippen LogP) is 0.511. The third-order valence-corrected chi connectivity index (χ3v) is 2.45. The standard InChI is InChI=1S/C6H9NO3S2/c7-12(8,9)10-3-1-6-2-4-11-5-6/h2,4-5H,1,3H2,(H2,7,8,9). The number of hydrogen-bond donors (Lipinski definition) is 1. The molecule has 1 heterocycles. The molecule has 0 amide bonds. The zero-order chi connectivity index (χ0) is 9.03. The summed E-state index contributed by atoms with van der Waals surface area (Å²) in [5.74, 6) is 0. The maximum atomic E-state index is 10.3. The molecule has 1 aromatic heterocycles. The van der Waals surface area contributed by atoms with Crippen LogP contribution < -0.4 is 5.14 Å². The van der Waals surface area contributed by atoms with Crippen LogP contribution in [0.1, 0.15) is 5.56 Å². The van der Waals surface area contributed by atoms with E-state index in [0.717, 1.165) is 5.56 Å². The summed E-state index contributed by atoms with van der Waals surface area (Å²) in [6.07, 6.45) is 0.569. The Hall–Kier alpha value is -0.430. The van der Waals surface area contributed by atoms with E-state index < -0.39 is 10.3 Å².